The minimum atomic E-state index is 0.0601. The number of allylic oxidation sites excluding steroid dienone is 4. The van der Waals surface area contributed by atoms with Crippen molar-refractivity contribution in [3.05, 3.63) is 309 Å². The first-order chi connectivity index (χ1) is 43.2. The van der Waals surface area contributed by atoms with Crippen molar-refractivity contribution in [2.75, 3.05) is 0 Å². The van der Waals surface area contributed by atoms with Crippen LogP contribution >= 0.6 is 0 Å². The number of fused-ring (bicyclic) bond motifs is 11. The highest BCUT2D eigenvalue weighted by molar-refractivity contribution is 6.31. The fourth-order valence-corrected chi connectivity index (χ4v) is 13.6. The summed E-state index contributed by atoms with van der Waals surface area (Å²) >= 11 is 0. The Hall–Kier alpha value is -11.5. The van der Waals surface area contributed by atoms with E-state index in [2.05, 4.69) is 323 Å². The van der Waals surface area contributed by atoms with E-state index in [0.29, 0.717) is 17.5 Å². The summed E-state index contributed by atoms with van der Waals surface area (Å²) in [6.07, 6.45) is 10.00. The highest BCUT2D eigenvalue weighted by atomic mass is 15.1. The maximum absolute atomic E-state index is 5.45. The zero-order valence-corrected chi connectivity index (χ0v) is 47.4. The molecular formula is C81H54N6. The third kappa shape index (κ3) is 8.36. The zero-order chi connectivity index (χ0) is 57.4. The molecule has 6 heteroatoms. The van der Waals surface area contributed by atoms with Crippen LogP contribution in [0.5, 0.6) is 0 Å². The molecule has 0 radical (unpaired) electrons. The number of hydrogen-bond acceptors (Lipinski definition) is 3. The van der Waals surface area contributed by atoms with Crippen LogP contribution < -0.4 is 0 Å². The van der Waals surface area contributed by atoms with E-state index < -0.39 is 0 Å². The van der Waals surface area contributed by atoms with Gasteiger partial charge < -0.3 is 13.7 Å². The van der Waals surface area contributed by atoms with Gasteiger partial charge in [-0.1, -0.05) is 261 Å². The standard InChI is InChI=1S/C81H54N6/c1-7-23-53(24-8-1)55-39-43-59(44-40-55)79-82-80(60-45-41-56(42-46-60)54-25-9-2-10-26-54)84-81(83-79)61-51-68(57-27-11-3-12-28-57)76(69(52-61)58-29-13-4-14-30-58)87-71-38-22-20-36-67(71)75-73(87)50-48-65-64-47-49-72-74(77(64)86(78(65)75)63-33-17-6-18-34-63)66-35-19-21-37-70(66)85(72)62-31-15-5-16-32-62/h1-33,35-52,63H,34H2. The third-order valence-corrected chi connectivity index (χ3v) is 17.6. The molecule has 12 aromatic carbocycles. The van der Waals surface area contributed by atoms with Gasteiger partial charge in [0.15, 0.2) is 17.5 Å². The topological polar surface area (TPSA) is 53.5 Å². The molecular weight excluding hydrogens is 1060 g/mol. The summed E-state index contributed by atoms with van der Waals surface area (Å²) in [6, 6.07) is 103. The molecule has 4 heterocycles. The highest BCUT2D eigenvalue weighted by Crippen LogP contribution is 2.49. The summed E-state index contributed by atoms with van der Waals surface area (Å²) in [4.78, 5) is 16.2. The SMILES string of the molecule is C1=CCC(n2c3c(ccc4c3c3ccccc3n4-c3ccccc3)c3ccc4c(c5ccccc5n4-c4c(-c5ccccc5)cc(-c5nc(-c6ccc(-c7ccccc7)cc6)nc(-c6ccc(-c7ccccc7)cc6)n5)cc4-c4ccccc4)c32)C=C1. The molecule has 1 aliphatic rings. The van der Waals surface area contributed by atoms with E-state index in [0.717, 1.165) is 90.0 Å². The lowest BCUT2D eigenvalue weighted by atomic mass is 9.92. The molecule has 0 saturated carbocycles. The summed E-state index contributed by atoms with van der Waals surface area (Å²) in [7, 11) is 0. The summed E-state index contributed by atoms with van der Waals surface area (Å²) in [6.45, 7) is 0. The van der Waals surface area contributed by atoms with Crippen molar-refractivity contribution in [2.45, 2.75) is 12.5 Å². The van der Waals surface area contributed by atoms with Crippen molar-refractivity contribution >= 4 is 65.4 Å². The average Bonchev–Trinajstić information content (AvgIpc) is 1.63. The van der Waals surface area contributed by atoms with Crippen molar-refractivity contribution in [1.29, 1.82) is 0 Å². The molecule has 4 aromatic heterocycles. The van der Waals surface area contributed by atoms with Gasteiger partial charge in [0.25, 0.3) is 0 Å². The van der Waals surface area contributed by atoms with Crippen LogP contribution in [0.2, 0.25) is 0 Å². The number of rotatable bonds is 10. The minimum absolute atomic E-state index is 0.0601. The Labute approximate surface area is 503 Å². The molecule has 408 valence electrons. The van der Waals surface area contributed by atoms with Crippen molar-refractivity contribution in [1.82, 2.24) is 28.7 Å². The molecule has 16 aromatic rings. The van der Waals surface area contributed by atoms with Gasteiger partial charge in [0, 0.05) is 65.8 Å². The fourth-order valence-electron chi connectivity index (χ4n) is 13.6. The van der Waals surface area contributed by atoms with Gasteiger partial charge in [0.1, 0.15) is 0 Å². The molecule has 0 N–H and O–H groups in total. The summed E-state index contributed by atoms with van der Waals surface area (Å²) in [5.74, 6) is 1.78. The van der Waals surface area contributed by atoms with Gasteiger partial charge in [-0.2, -0.15) is 0 Å². The lowest BCUT2D eigenvalue weighted by Crippen LogP contribution is -2.07. The second-order valence-corrected chi connectivity index (χ2v) is 22.6. The first kappa shape index (κ1) is 50.1. The maximum Gasteiger partial charge on any atom is 0.164 e. The summed E-state index contributed by atoms with van der Waals surface area (Å²) in [5.41, 5.74) is 20.8. The molecule has 0 aliphatic heterocycles. The van der Waals surface area contributed by atoms with Crippen LogP contribution in [0, 0.1) is 0 Å². The van der Waals surface area contributed by atoms with E-state index >= 15 is 0 Å². The van der Waals surface area contributed by atoms with Crippen LogP contribution in [-0.2, 0) is 0 Å². The Morgan fingerprint density at radius 2 is 0.690 bits per heavy atom. The Morgan fingerprint density at radius 3 is 1.16 bits per heavy atom. The van der Waals surface area contributed by atoms with E-state index in [1.54, 1.807) is 0 Å². The number of aromatic nitrogens is 6. The van der Waals surface area contributed by atoms with Gasteiger partial charge in [0.2, 0.25) is 0 Å². The Balaban J connectivity index is 0.943. The predicted molar refractivity (Wildman–Crippen MR) is 361 cm³/mol. The number of nitrogens with zero attached hydrogens (tertiary/aromatic N) is 6. The van der Waals surface area contributed by atoms with Crippen molar-refractivity contribution in [3.8, 4) is 90.0 Å². The number of hydrogen-bond donors (Lipinski definition) is 0. The molecule has 6 nitrogen and oxygen atoms in total. The fraction of sp³-hybridized carbons (Fsp3) is 0.0247. The smallest absolute Gasteiger partial charge is 0.164 e. The van der Waals surface area contributed by atoms with Gasteiger partial charge in [0.05, 0.1) is 44.8 Å². The molecule has 0 amide bonds. The van der Waals surface area contributed by atoms with Crippen LogP contribution in [0.3, 0.4) is 0 Å². The molecule has 1 unspecified atom stereocenters. The first-order valence-corrected chi connectivity index (χ1v) is 29.9. The van der Waals surface area contributed by atoms with Crippen LogP contribution in [-0.4, -0.2) is 28.7 Å². The van der Waals surface area contributed by atoms with Gasteiger partial charge in [-0.3, -0.25) is 0 Å². The lowest BCUT2D eigenvalue weighted by molar-refractivity contribution is 0.650. The van der Waals surface area contributed by atoms with E-state index in [-0.39, 0.29) is 6.04 Å². The second-order valence-electron chi connectivity index (χ2n) is 22.6. The first-order valence-electron chi connectivity index (χ1n) is 29.9. The quantitative estimate of drug-likeness (QED) is 0.137. The second kappa shape index (κ2) is 20.7. The van der Waals surface area contributed by atoms with Crippen LogP contribution in [0.15, 0.2) is 309 Å². The summed E-state index contributed by atoms with van der Waals surface area (Å²) in [5, 5.41) is 7.37. The third-order valence-electron chi connectivity index (χ3n) is 17.6. The van der Waals surface area contributed by atoms with E-state index in [1.807, 2.05) is 0 Å². The minimum Gasteiger partial charge on any atom is -0.332 e. The predicted octanol–water partition coefficient (Wildman–Crippen LogP) is 20.9. The molecule has 87 heavy (non-hydrogen) atoms. The van der Waals surface area contributed by atoms with Crippen molar-refractivity contribution < 1.29 is 0 Å². The van der Waals surface area contributed by atoms with E-state index in [1.165, 1.54) is 54.4 Å². The zero-order valence-electron chi connectivity index (χ0n) is 47.4. The van der Waals surface area contributed by atoms with Gasteiger partial charge >= 0.3 is 0 Å². The van der Waals surface area contributed by atoms with Crippen molar-refractivity contribution in [3.63, 3.8) is 0 Å². The van der Waals surface area contributed by atoms with Crippen LogP contribution in [0.25, 0.3) is 155 Å². The lowest BCUT2D eigenvalue weighted by Gasteiger charge is -2.21. The summed E-state index contributed by atoms with van der Waals surface area (Å²) < 4.78 is 7.67. The molecule has 0 fully saturated rings. The van der Waals surface area contributed by atoms with Crippen LogP contribution in [0.4, 0.5) is 0 Å². The van der Waals surface area contributed by atoms with Crippen molar-refractivity contribution in [2.24, 2.45) is 0 Å². The average molecular weight is 1110 g/mol. The molecule has 1 atom stereocenters. The number of para-hydroxylation sites is 3. The molecule has 17 rings (SSSR count). The molecule has 0 saturated heterocycles. The maximum atomic E-state index is 5.45. The van der Waals surface area contributed by atoms with Gasteiger partial charge in [-0.05, 0) is 88.3 Å². The largest absolute Gasteiger partial charge is 0.332 e. The van der Waals surface area contributed by atoms with E-state index in [9.17, 15) is 0 Å². The molecule has 0 bridgehead atoms. The van der Waals surface area contributed by atoms with Gasteiger partial charge in [-0.15, -0.1) is 0 Å². The number of benzene rings is 12. The normalized spacial score (nSPS) is 13.3. The highest BCUT2D eigenvalue weighted by Gasteiger charge is 2.29. The monoisotopic (exact) mass is 1110 g/mol. The Morgan fingerprint density at radius 1 is 0.299 bits per heavy atom. The van der Waals surface area contributed by atoms with Crippen LogP contribution in [0.1, 0.15) is 12.5 Å². The molecule has 0 spiro atoms. The van der Waals surface area contributed by atoms with E-state index in [4.69, 9.17) is 15.0 Å². The van der Waals surface area contributed by atoms with Gasteiger partial charge in [-0.25, -0.2) is 15.0 Å². The molecule has 1 aliphatic carbocycles. The Bertz CT molecular complexity index is 5210. The Kier molecular flexibility index (Phi) is 11.9.